The number of carbonyl (C=O) groups excluding carboxylic acids is 1. The van der Waals surface area contributed by atoms with E-state index in [1.807, 2.05) is 12.1 Å². The molecule has 4 nitrogen and oxygen atoms in total. The highest BCUT2D eigenvalue weighted by Crippen LogP contribution is 2.30. The Balaban J connectivity index is 0.00000162. The summed E-state index contributed by atoms with van der Waals surface area (Å²) in [4.78, 5) is 16.3. The topological polar surface area (TPSA) is 54.0 Å². The standard InChI is InChI=1S/C13H19N3O.ClH/c1-13(2)7-5-9-15-11(13)12(17)16-10-6-3-4-8-14-10;/h3-4,6,8,11,15H,5,7,9H2,1-2H3,(H,14,16,17);1H. The first-order chi connectivity index (χ1) is 8.09. The molecule has 1 aromatic rings. The van der Waals surface area contributed by atoms with Gasteiger partial charge in [0.25, 0.3) is 0 Å². The number of hydrogen-bond donors (Lipinski definition) is 2. The minimum absolute atomic E-state index is 0. The van der Waals surface area contributed by atoms with Gasteiger partial charge in [-0.25, -0.2) is 4.98 Å². The predicted octanol–water partition coefficient (Wildman–Crippen LogP) is 2.22. The van der Waals surface area contributed by atoms with Gasteiger partial charge in [-0.1, -0.05) is 19.9 Å². The molecule has 1 fully saturated rings. The Labute approximate surface area is 114 Å². The van der Waals surface area contributed by atoms with Crippen molar-refractivity contribution in [1.29, 1.82) is 0 Å². The summed E-state index contributed by atoms with van der Waals surface area (Å²) in [7, 11) is 0. The third-order valence-corrected chi connectivity index (χ3v) is 3.31. The molecule has 2 N–H and O–H groups in total. The first-order valence-electron chi connectivity index (χ1n) is 6.05. The lowest BCUT2D eigenvalue weighted by Crippen LogP contribution is -2.53. The zero-order valence-corrected chi connectivity index (χ0v) is 11.6. The van der Waals surface area contributed by atoms with Crippen molar-refractivity contribution in [3.05, 3.63) is 24.4 Å². The summed E-state index contributed by atoms with van der Waals surface area (Å²) in [5.41, 5.74) is -0.00286. The van der Waals surface area contributed by atoms with Crippen molar-refractivity contribution >= 4 is 24.1 Å². The number of halogens is 1. The van der Waals surface area contributed by atoms with Crippen LogP contribution in [0.2, 0.25) is 0 Å². The molecule has 1 unspecified atom stereocenters. The van der Waals surface area contributed by atoms with Crippen LogP contribution in [0.15, 0.2) is 24.4 Å². The number of aromatic nitrogens is 1. The SMILES string of the molecule is CC1(C)CCCNC1C(=O)Nc1ccccn1.Cl. The summed E-state index contributed by atoms with van der Waals surface area (Å²) >= 11 is 0. The molecule has 1 atom stereocenters. The molecule has 2 heterocycles. The van der Waals surface area contributed by atoms with E-state index in [0.29, 0.717) is 5.82 Å². The highest BCUT2D eigenvalue weighted by Gasteiger charge is 2.37. The summed E-state index contributed by atoms with van der Waals surface area (Å²) in [5.74, 6) is 0.620. The average molecular weight is 270 g/mol. The lowest BCUT2D eigenvalue weighted by Gasteiger charge is -2.38. The van der Waals surface area contributed by atoms with Crippen LogP contribution in [-0.2, 0) is 4.79 Å². The zero-order valence-electron chi connectivity index (χ0n) is 10.8. The summed E-state index contributed by atoms with van der Waals surface area (Å²) < 4.78 is 0. The third-order valence-electron chi connectivity index (χ3n) is 3.31. The highest BCUT2D eigenvalue weighted by atomic mass is 35.5. The Hall–Kier alpha value is -1.13. The number of carbonyl (C=O) groups is 1. The van der Waals surface area contributed by atoms with E-state index in [0.717, 1.165) is 19.4 Å². The van der Waals surface area contributed by atoms with Gasteiger partial charge in [0, 0.05) is 6.20 Å². The van der Waals surface area contributed by atoms with E-state index < -0.39 is 0 Å². The number of anilines is 1. The Morgan fingerprint density at radius 1 is 1.50 bits per heavy atom. The predicted molar refractivity (Wildman–Crippen MR) is 74.9 cm³/mol. The van der Waals surface area contributed by atoms with Gasteiger partial charge in [-0.15, -0.1) is 12.4 Å². The molecule has 0 bridgehead atoms. The van der Waals surface area contributed by atoms with Crippen LogP contribution in [-0.4, -0.2) is 23.5 Å². The maximum atomic E-state index is 12.2. The molecule has 0 spiro atoms. The summed E-state index contributed by atoms with van der Waals surface area (Å²) in [6.45, 7) is 5.16. The molecule has 18 heavy (non-hydrogen) atoms. The molecule has 1 aliphatic heterocycles. The van der Waals surface area contributed by atoms with Crippen LogP contribution in [0.25, 0.3) is 0 Å². The van der Waals surface area contributed by atoms with Crippen molar-refractivity contribution in [2.24, 2.45) is 5.41 Å². The smallest absolute Gasteiger partial charge is 0.243 e. The van der Waals surface area contributed by atoms with Crippen LogP contribution in [0, 0.1) is 5.41 Å². The fourth-order valence-electron chi connectivity index (χ4n) is 2.29. The molecule has 0 radical (unpaired) electrons. The number of nitrogens with one attached hydrogen (secondary N) is 2. The van der Waals surface area contributed by atoms with E-state index in [2.05, 4.69) is 29.5 Å². The molecule has 0 aromatic carbocycles. The molecule has 5 heteroatoms. The van der Waals surface area contributed by atoms with Gasteiger partial charge in [-0.3, -0.25) is 4.79 Å². The lowest BCUT2D eigenvalue weighted by molar-refractivity contribution is -0.121. The van der Waals surface area contributed by atoms with Crippen molar-refractivity contribution < 1.29 is 4.79 Å². The Kier molecular flexibility index (Phi) is 5.11. The van der Waals surface area contributed by atoms with Gasteiger partial charge in [0.15, 0.2) is 0 Å². The zero-order chi connectivity index (χ0) is 12.3. The minimum atomic E-state index is -0.141. The van der Waals surface area contributed by atoms with Gasteiger partial charge < -0.3 is 10.6 Å². The molecule has 1 aromatic heterocycles. The van der Waals surface area contributed by atoms with Crippen molar-refractivity contribution in [2.45, 2.75) is 32.7 Å². The quantitative estimate of drug-likeness (QED) is 0.866. The van der Waals surface area contributed by atoms with Gasteiger partial charge in [0.1, 0.15) is 5.82 Å². The van der Waals surface area contributed by atoms with Crippen molar-refractivity contribution in [1.82, 2.24) is 10.3 Å². The second-order valence-electron chi connectivity index (χ2n) is 5.18. The fraction of sp³-hybridized carbons (Fsp3) is 0.538. The molecule has 1 amide bonds. The van der Waals surface area contributed by atoms with Crippen LogP contribution >= 0.6 is 12.4 Å². The van der Waals surface area contributed by atoms with Crippen LogP contribution < -0.4 is 10.6 Å². The summed E-state index contributed by atoms with van der Waals surface area (Å²) in [6, 6.07) is 5.35. The normalized spacial score (nSPS) is 21.8. The molecule has 0 saturated carbocycles. The number of amides is 1. The van der Waals surface area contributed by atoms with Gasteiger partial charge in [-0.05, 0) is 36.9 Å². The second kappa shape index (κ2) is 6.16. The second-order valence-corrected chi connectivity index (χ2v) is 5.18. The first kappa shape index (κ1) is 14.9. The largest absolute Gasteiger partial charge is 0.309 e. The van der Waals surface area contributed by atoms with Crippen molar-refractivity contribution in [3.8, 4) is 0 Å². The number of hydrogen-bond acceptors (Lipinski definition) is 3. The number of pyridine rings is 1. The van der Waals surface area contributed by atoms with E-state index >= 15 is 0 Å². The maximum absolute atomic E-state index is 12.2. The molecular formula is C13H20ClN3O. The van der Waals surface area contributed by atoms with E-state index in [4.69, 9.17) is 0 Å². The lowest BCUT2D eigenvalue weighted by atomic mass is 9.77. The fourth-order valence-corrected chi connectivity index (χ4v) is 2.29. The minimum Gasteiger partial charge on any atom is -0.309 e. The van der Waals surface area contributed by atoms with Gasteiger partial charge in [-0.2, -0.15) is 0 Å². The number of nitrogens with zero attached hydrogens (tertiary/aromatic N) is 1. The van der Waals surface area contributed by atoms with Crippen LogP contribution in [0.1, 0.15) is 26.7 Å². The third kappa shape index (κ3) is 3.43. The number of piperidine rings is 1. The molecular weight excluding hydrogens is 250 g/mol. The van der Waals surface area contributed by atoms with E-state index in [1.54, 1.807) is 12.3 Å². The van der Waals surface area contributed by atoms with E-state index in [-0.39, 0.29) is 29.8 Å². The van der Waals surface area contributed by atoms with Crippen LogP contribution in [0.4, 0.5) is 5.82 Å². The molecule has 1 aliphatic rings. The summed E-state index contributed by atoms with van der Waals surface area (Å²) in [5, 5.41) is 6.14. The Morgan fingerprint density at radius 2 is 2.28 bits per heavy atom. The van der Waals surface area contributed by atoms with Crippen molar-refractivity contribution in [2.75, 3.05) is 11.9 Å². The van der Waals surface area contributed by atoms with Crippen LogP contribution in [0.5, 0.6) is 0 Å². The molecule has 0 aliphatic carbocycles. The van der Waals surface area contributed by atoms with Crippen molar-refractivity contribution in [3.63, 3.8) is 0 Å². The van der Waals surface area contributed by atoms with E-state index in [1.165, 1.54) is 0 Å². The van der Waals surface area contributed by atoms with Crippen LogP contribution in [0.3, 0.4) is 0 Å². The van der Waals surface area contributed by atoms with Gasteiger partial charge >= 0.3 is 0 Å². The van der Waals surface area contributed by atoms with E-state index in [9.17, 15) is 4.79 Å². The Bertz CT molecular complexity index is 394. The maximum Gasteiger partial charge on any atom is 0.243 e. The average Bonchev–Trinajstić information content (AvgIpc) is 2.29. The van der Waals surface area contributed by atoms with Gasteiger partial charge in [0.2, 0.25) is 5.91 Å². The molecule has 2 rings (SSSR count). The molecule has 1 saturated heterocycles. The monoisotopic (exact) mass is 269 g/mol. The highest BCUT2D eigenvalue weighted by molar-refractivity contribution is 5.94. The van der Waals surface area contributed by atoms with Gasteiger partial charge in [0.05, 0.1) is 6.04 Å². The number of rotatable bonds is 2. The Morgan fingerprint density at radius 3 is 2.89 bits per heavy atom. The summed E-state index contributed by atoms with van der Waals surface area (Å²) in [6.07, 6.45) is 3.87. The molecule has 100 valence electrons. The first-order valence-corrected chi connectivity index (χ1v) is 6.05.